The standard InChI is InChI=1S/C11H16O2S/c1-9-11(4-5-13-9)14-7-6-12-8-10-2-3-10/h4-5,10H,2-3,6-8H2,1H3. The van der Waals surface area contributed by atoms with Gasteiger partial charge in [-0.25, -0.2) is 0 Å². The topological polar surface area (TPSA) is 22.4 Å². The van der Waals surface area contributed by atoms with E-state index in [1.54, 1.807) is 6.26 Å². The van der Waals surface area contributed by atoms with E-state index in [1.165, 1.54) is 17.7 Å². The maximum absolute atomic E-state index is 5.54. The Balaban J connectivity index is 1.56. The van der Waals surface area contributed by atoms with Crippen molar-refractivity contribution in [3.8, 4) is 0 Å². The van der Waals surface area contributed by atoms with Gasteiger partial charge in [0.25, 0.3) is 0 Å². The molecule has 0 spiro atoms. The van der Waals surface area contributed by atoms with Crippen molar-refractivity contribution in [2.45, 2.75) is 24.7 Å². The fraction of sp³-hybridized carbons (Fsp3) is 0.636. The van der Waals surface area contributed by atoms with Crippen LogP contribution in [0.15, 0.2) is 21.6 Å². The molecule has 2 nitrogen and oxygen atoms in total. The second-order valence-electron chi connectivity index (χ2n) is 3.71. The van der Waals surface area contributed by atoms with E-state index in [2.05, 4.69) is 0 Å². The normalized spacial score (nSPS) is 16.1. The number of aryl methyl sites for hydroxylation is 1. The molecule has 14 heavy (non-hydrogen) atoms. The minimum absolute atomic E-state index is 0.853. The summed E-state index contributed by atoms with van der Waals surface area (Å²) in [6, 6.07) is 2.01. The van der Waals surface area contributed by atoms with Crippen LogP contribution in [0.1, 0.15) is 18.6 Å². The number of hydrogen-bond acceptors (Lipinski definition) is 3. The van der Waals surface area contributed by atoms with Crippen LogP contribution in [0.5, 0.6) is 0 Å². The fourth-order valence-electron chi connectivity index (χ4n) is 1.27. The predicted molar refractivity (Wildman–Crippen MR) is 57.7 cm³/mol. The fourth-order valence-corrected chi connectivity index (χ4v) is 2.09. The molecule has 0 aromatic carbocycles. The van der Waals surface area contributed by atoms with Crippen LogP contribution < -0.4 is 0 Å². The van der Waals surface area contributed by atoms with Crippen LogP contribution in [-0.4, -0.2) is 19.0 Å². The van der Waals surface area contributed by atoms with Gasteiger partial charge in [-0.05, 0) is 31.7 Å². The molecule has 0 atom stereocenters. The van der Waals surface area contributed by atoms with Gasteiger partial charge in [-0.15, -0.1) is 11.8 Å². The Labute approximate surface area is 89.0 Å². The third-order valence-electron chi connectivity index (χ3n) is 2.35. The molecule has 0 aliphatic heterocycles. The van der Waals surface area contributed by atoms with E-state index in [9.17, 15) is 0 Å². The maximum atomic E-state index is 5.54. The summed E-state index contributed by atoms with van der Waals surface area (Å²) in [7, 11) is 0. The average Bonchev–Trinajstić information content (AvgIpc) is 2.91. The van der Waals surface area contributed by atoms with Crippen molar-refractivity contribution in [2.24, 2.45) is 5.92 Å². The summed E-state index contributed by atoms with van der Waals surface area (Å²) in [5.41, 5.74) is 0. The highest BCUT2D eigenvalue weighted by molar-refractivity contribution is 7.99. The van der Waals surface area contributed by atoms with Crippen molar-refractivity contribution >= 4 is 11.8 Å². The third-order valence-corrected chi connectivity index (χ3v) is 3.45. The first-order valence-corrected chi connectivity index (χ1v) is 6.09. The van der Waals surface area contributed by atoms with Crippen LogP contribution in [0.25, 0.3) is 0 Å². The zero-order chi connectivity index (χ0) is 9.80. The lowest BCUT2D eigenvalue weighted by molar-refractivity contribution is 0.139. The number of hydrogen-bond donors (Lipinski definition) is 0. The average molecular weight is 212 g/mol. The van der Waals surface area contributed by atoms with Gasteiger partial charge in [-0.1, -0.05) is 0 Å². The van der Waals surface area contributed by atoms with Crippen LogP contribution in [0, 0.1) is 12.8 Å². The Kier molecular flexibility index (Phi) is 3.54. The van der Waals surface area contributed by atoms with Gasteiger partial charge >= 0.3 is 0 Å². The van der Waals surface area contributed by atoms with E-state index in [0.29, 0.717) is 0 Å². The van der Waals surface area contributed by atoms with Crippen molar-refractivity contribution in [2.75, 3.05) is 19.0 Å². The molecule has 0 bridgehead atoms. The molecule has 3 heteroatoms. The largest absolute Gasteiger partial charge is 0.468 e. The first-order chi connectivity index (χ1) is 6.86. The van der Waals surface area contributed by atoms with E-state index in [4.69, 9.17) is 9.15 Å². The van der Waals surface area contributed by atoms with Gasteiger partial charge in [0.15, 0.2) is 0 Å². The van der Waals surface area contributed by atoms with Gasteiger partial charge in [0.2, 0.25) is 0 Å². The van der Waals surface area contributed by atoms with Gasteiger partial charge < -0.3 is 9.15 Å². The molecule has 0 N–H and O–H groups in total. The highest BCUT2D eigenvalue weighted by Crippen LogP contribution is 2.29. The van der Waals surface area contributed by atoms with Crippen LogP contribution >= 0.6 is 11.8 Å². The zero-order valence-corrected chi connectivity index (χ0v) is 9.31. The maximum Gasteiger partial charge on any atom is 0.114 e. The van der Waals surface area contributed by atoms with Crippen molar-refractivity contribution in [3.05, 3.63) is 18.1 Å². The summed E-state index contributed by atoms with van der Waals surface area (Å²) in [5, 5.41) is 0. The second kappa shape index (κ2) is 4.89. The number of thioether (sulfide) groups is 1. The summed E-state index contributed by atoms with van der Waals surface area (Å²) >= 11 is 1.81. The van der Waals surface area contributed by atoms with Gasteiger partial charge in [0, 0.05) is 17.3 Å². The Hall–Kier alpha value is -0.410. The summed E-state index contributed by atoms with van der Waals surface area (Å²) in [6.45, 7) is 3.81. The number of ether oxygens (including phenoxy) is 1. The minimum atomic E-state index is 0.853. The molecule has 1 aliphatic carbocycles. The molecular formula is C11H16O2S. The highest BCUT2D eigenvalue weighted by Gasteiger charge is 2.20. The van der Waals surface area contributed by atoms with Crippen LogP contribution in [0.4, 0.5) is 0 Å². The van der Waals surface area contributed by atoms with Crippen molar-refractivity contribution in [3.63, 3.8) is 0 Å². The molecule has 78 valence electrons. The van der Waals surface area contributed by atoms with E-state index in [-0.39, 0.29) is 0 Å². The van der Waals surface area contributed by atoms with Crippen molar-refractivity contribution in [1.82, 2.24) is 0 Å². The quantitative estimate of drug-likeness (QED) is 0.534. The van der Waals surface area contributed by atoms with Crippen LogP contribution in [0.3, 0.4) is 0 Å². The van der Waals surface area contributed by atoms with E-state index >= 15 is 0 Å². The van der Waals surface area contributed by atoms with Crippen molar-refractivity contribution in [1.29, 1.82) is 0 Å². The Morgan fingerprint density at radius 1 is 1.57 bits per heavy atom. The Bertz CT molecular complexity index is 279. The lowest BCUT2D eigenvalue weighted by atomic mass is 10.5. The lowest BCUT2D eigenvalue weighted by Crippen LogP contribution is -2.00. The van der Waals surface area contributed by atoms with Gasteiger partial charge in [0.05, 0.1) is 12.9 Å². The summed E-state index contributed by atoms with van der Waals surface area (Å²) < 4.78 is 10.8. The summed E-state index contributed by atoms with van der Waals surface area (Å²) in [6.07, 6.45) is 4.48. The minimum Gasteiger partial charge on any atom is -0.468 e. The molecule has 1 saturated carbocycles. The van der Waals surface area contributed by atoms with E-state index in [1.807, 2.05) is 24.8 Å². The Morgan fingerprint density at radius 2 is 2.43 bits per heavy atom. The number of rotatable bonds is 6. The molecule has 0 radical (unpaired) electrons. The molecule has 1 fully saturated rings. The van der Waals surface area contributed by atoms with Gasteiger partial charge in [0.1, 0.15) is 5.76 Å². The molecule has 1 aromatic rings. The monoisotopic (exact) mass is 212 g/mol. The van der Waals surface area contributed by atoms with Gasteiger partial charge in [-0.2, -0.15) is 0 Å². The molecule has 1 aliphatic rings. The Morgan fingerprint density at radius 3 is 3.07 bits per heavy atom. The van der Waals surface area contributed by atoms with Crippen molar-refractivity contribution < 1.29 is 9.15 Å². The van der Waals surface area contributed by atoms with Gasteiger partial charge in [-0.3, -0.25) is 0 Å². The molecule has 0 saturated heterocycles. The van der Waals surface area contributed by atoms with Crippen LogP contribution in [0.2, 0.25) is 0 Å². The van der Waals surface area contributed by atoms with Crippen LogP contribution in [-0.2, 0) is 4.74 Å². The first-order valence-electron chi connectivity index (χ1n) is 5.11. The first kappa shape index (κ1) is 10.1. The van der Waals surface area contributed by atoms with E-state index < -0.39 is 0 Å². The molecule has 0 unspecified atom stereocenters. The molecule has 1 heterocycles. The second-order valence-corrected chi connectivity index (χ2v) is 4.84. The molecule has 2 rings (SSSR count). The van der Waals surface area contributed by atoms with E-state index in [0.717, 1.165) is 30.6 Å². The summed E-state index contributed by atoms with van der Waals surface area (Å²) in [5.74, 6) is 2.90. The lowest BCUT2D eigenvalue weighted by Gasteiger charge is -2.01. The highest BCUT2D eigenvalue weighted by atomic mass is 32.2. The number of furan rings is 1. The summed E-state index contributed by atoms with van der Waals surface area (Å²) in [4.78, 5) is 1.24. The predicted octanol–water partition coefficient (Wildman–Crippen LogP) is 3.11. The smallest absolute Gasteiger partial charge is 0.114 e. The SMILES string of the molecule is Cc1occc1SCCOCC1CC1. The molecule has 0 amide bonds. The molecule has 1 aromatic heterocycles. The zero-order valence-electron chi connectivity index (χ0n) is 8.49. The third kappa shape index (κ3) is 3.07. The molecular weight excluding hydrogens is 196 g/mol.